The molecule has 10 nitrogen and oxygen atoms in total. The number of nitrogens with zero attached hydrogens (tertiary/aromatic N) is 4. The Hall–Kier alpha value is -3.24. The van der Waals surface area contributed by atoms with Gasteiger partial charge >= 0.3 is 11.7 Å². The van der Waals surface area contributed by atoms with E-state index < -0.39 is 0 Å². The number of benzene rings is 1. The number of carbonyl (C=O) groups excluding carboxylic acids is 1. The maximum atomic E-state index is 13.0. The third-order valence-corrected chi connectivity index (χ3v) is 7.65. The van der Waals surface area contributed by atoms with Gasteiger partial charge in [-0.2, -0.15) is 9.97 Å². The van der Waals surface area contributed by atoms with Gasteiger partial charge in [-0.15, -0.1) is 0 Å². The summed E-state index contributed by atoms with van der Waals surface area (Å²) in [5.41, 5.74) is 8.50. The van der Waals surface area contributed by atoms with Crippen molar-refractivity contribution in [1.82, 2.24) is 24.4 Å². The molecule has 0 atom stereocenters. The lowest BCUT2D eigenvalue weighted by molar-refractivity contribution is -0.116. The Morgan fingerprint density at radius 3 is 2.42 bits per heavy atom. The summed E-state index contributed by atoms with van der Waals surface area (Å²) in [7, 11) is 0. The van der Waals surface area contributed by atoms with E-state index in [1.807, 2.05) is 0 Å². The van der Waals surface area contributed by atoms with Gasteiger partial charge in [-0.25, -0.2) is 4.79 Å². The first-order valence-electron chi connectivity index (χ1n) is 14.9. The van der Waals surface area contributed by atoms with E-state index in [0.29, 0.717) is 30.7 Å². The largest absolute Gasteiger partial charge is 0.463 e. The lowest BCUT2D eigenvalue weighted by Gasteiger charge is -2.31. The number of hydrogen-bond acceptors (Lipinski definition) is 7. The Bertz CT molecular complexity index is 1280. The van der Waals surface area contributed by atoms with Crippen molar-refractivity contribution in [3.05, 3.63) is 45.9 Å². The summed E-state index contributed by atoms with van der Waals surface area (Å²) in [6.07, 6.45) is 8.60. The molecular weight excluding hydrogens is 506 g/mol. The number of imidazole rings is 1. The molecule has 1 aliphatic heterocycles. The zero-order valence-corrected chi connectivity index (χ0v) is 24.1. The van der Waals surface area contributed by atoms with Crippen LogP contribution in [0.15, 0.2) is 29.1 Å². The fourth-order valence-electron chi connectivity index (χ4n) is 5.21. The van der Waals surface area contributed by atoms with Gasteiger partial charge in [0.1, 0.15) is 5.52 Å². The van der Waals surface area contributed by atoms with Crippen molar-refractivity contribution >= 4 is 22.9 Å². The number of H-pyrrole nitrogens is 1. The van der Waals surface area contributed by atoms with Crippen molar-refractivity contribution < 1.29 is 9.53 Å². The molecule has 0 aliphatic carbocycles. The van der Waals surface area contributed by atoms with Gasteiger partial charge in [0, 0.05) is 13.0 Å². The SMILES string of the molecule is CCCCCC(=O)Nc1nc(OCCCC)nc2c1[nH]c(=O)n2Cc1ccc(CN2CCC(CCN)CC2)cc1. The smallest absolute Gasteiger partial charge is 0.328 e. The molecule has 1 aliphatic rings. The lowest BCUT2D eigenvalue weighted by atomic mass is 9.93. The molecule has 1 amide bonds. The predicted molar refractivity (Wildman–Crippen MR) is 159 cm³/mol. The van der Waals surface area contributed by atoms with Gasteiger partial charge in [0.25, 0.3) is 0 Å². The minimum absolute atomic E-state index is 0.138. The van der Waals surface area contributed by atoms with E-state index in [1.54, 1.807) is 4.57 Å². The van der Waals surface area contributed by atoms with Crippen LogP contribution in [0.1, 0.15) is 82.8 Å². The molecule has 0 saturated carbocycles. The van der Waals surface area contributed by atoms with Crippen molar-refractivity contribution in [2.75, 3.05) is 31.6 Å². The summed E-state index contributed by atoms with van der Waals surface area (Å²) in [5.74, 6) is 0.898. The summed E-state index contributed by atoms with van der Waals surface area (Å²) in [4.78, 5) is 40.0. The maximum Gasteiger partial charge on any atom is 0.328 e. The molecule has 2 aromatic heterocycles. The quantitative estimate of drug-likeness (QED) is 0.238. The van der Waals surface area contributed by atoms with Crippen molar-refractivity contribution in [3.63, 3.8) is 0 Å². The van der Waals surface area contributed by atoms with Gasteiger partial charge in [-0.05, 0) is 68.8 Å². The van der Waals surface area contributed by atoms with Crippen LogP contribution in [0.25, 0.3) is 11.2 Å². The van der Waals surface area contributed by atoms with Crippen molar-refractivity contribution in [2.45, 2.75) is 84.7 Å². The number of likely N-dealkylation sites (tertiary alicyclic amines) is 1. The van der Waals surface area contributed by atoms with Crippen molar-refractivity contribution in [2.24, 2.45) is 11.7 Å². The summed E-state index contributed by atoms with van der Waals surface area (Å²) >= 11 is 0. The Morgan fingerprint density at radius 2 is 1.75 bits per heavy atom. The standard InChI is InChI=1S/C30H45N7O3/c1-3-5-7-8-25(38)32-27-26-28(35-29(34-27)40-19-6-4-2)37(30(39)33-26)21-24-11-9-23(10-12-24)20-36-17-14-22(13-16-31)15-18-36/h9-12,22H,3-8,13-21,31H2,1-2H3,(H,33,39)(H,32,34,35,38). The van der Waals surface area contributed by atoms with E-state index in [9.17, 15) is 9.59 Å². The zero-order chi connectivity index (χ0) is 28.3. The Labute approximate surface area is 236 Å². The molecule has 3 aromatic rings. The molecule has 4 rings (SSSR count). The van der Waals surface area contributed by atoms with Crippen LogP contribution in [0.2, 0.25) is 0 Å². The van der Waals surface area contributed by atoms with Gasteiger partial charge in [-0.1, -0.05) is 57.4 Å². The third kappa shape index (κ3) is 8.14. The Kier molecular flexibility index (Phi) is 11.1. The summed E-state index contributed by atoms with van der Waals surface area (Å²) < 4.78 is 7.36. The summed E-state index contributed by atoms with van der Waals surface area (Å²) in [5, 5.41) is 2.87. The number of piperidine rings is 1. The van der Waals surface area contributed by atoms with E-state index in [4.69, 9.17) is 10.5 Å². The number of amides is 1. The number of ether oxygens (including phenoxy) is 1. The van der Waals surface area contributed by atoms with Crippen LogP contribution in [-0.2, 0) is 17.9 Å². The van der Waals surface area contributed by atoms with E-state index in [2.05, 4.69) is 63.3 Å². The fourth-order valence-corrected chi connectivity index (χ4v) is 5.21. The number of aromatic amines is 1. The maximum absolute atomic E-state index is 13.0. The van der Waals surface area contributed by atoms with Gasteiger partial charge in [-0.3, -0.25) is 14.3 Å². The van der Waals surface area contributed by atoms with Gasteiger partial charge in [0.05, 0.1) is 13.2 Å². The topological polar surface area (TPSA) is 131 Å². The van der Waals surface area contributed by atoms with E-state index >= 15 is 0 Å². The minimum atomic E-state index is -0.305. The highest BCUT2D eigenvalue weighted by Gasteiger charge is 2.20. The Balaban J connectivity index is 1.49. The molecule has 1 fully saturated rings. The van der Waals surface area contributed by atoms with Crippen LogP contribution in [0.3, 0.4) is 0 Å². The average molecular weight is 552 g/mol. The molecule has 0 radical (unpaired) electrons. The second-order valence-electron chi connectivity index (χ2n) is 10.9. The molecule has 0 bridgehead atoms. The van der Waals surface area contributed by atoms with Crippen LogP contribution < -0.4 is 21.5 Å². The number of unbranched alkanes of at least 4 members (excludes halogenated alkanes) is 3. The number of nitrogens with two attached hydrogens (primary N) is 1. The lowest BCUT2D eigenvalue weighted by Crippen LogP contribution is -2.33. The number of hydrogen-bond donors (Lipinski definition) is 3. The minimum Gasteiger partial charge on any atom is -0.463 e. The van der Waals surface area contributed by atoms with Crippen molar-refractivity contribution in [1.29, 1.82) is 0 Å². The van der Waals surface area contributed by atoms with Crippen LogP contribution in [0, 0.1) is 5.92 Å². The monoisotopic (exact) mass is 551 g/mol. The Morgan fingerprint density at radius 1 is 1.05 bits per heavy atom. The van der Waals surface area contributed by atoms with E-state index in [-0.39, 0.29) is 23.4 Å². The summed E-state index contributed by atoms with van der Waals surface area (Å²) in [6, 6.07) is 8.56. The second-order valence-corrected chi connectivity index (χ2v) is 10.9. The fraction of sp³-hybridized carbons (Fsp3) is 0.600. The summed E-state index contributed by atoms with van der Waals surface area (Å²) in [6.45, 7) is 8.91. The highest BCUT2D eigenvalue weighted by Crippen LogP contribution is 2.23. The first-order chi connectivity index (χ1) is 19.5. The van der Waals surface area contributed by atoms with Crippen molar-refractivity contribution in [3.8, 4) is 6.01 Å². The molecule has 0 spiro atoms. The predicted octanol–water partition coefficient (Wildman–Crippen LogP) is 4.43. The van der Waals surface area contributed by atoms with Crippen LogP contribution in [-0.4, -0.2) is 56.6 Å². The molecule has 1 saturated heterocycles. The highest BCUT2D eigenvalue weighted by atomic mass is 16.5. The number of fused-ring (bicyclic) bond motifs is 1. The first-order valence-corrected chi connectivity index (χ1v) is 14.9. The number of aromatic nitrogens is 4. The number of carbonyl (C=O) groups is 1. The number of rotatable bonds is 15. The van der Waals surface area contributed by atoms with E-state index in [0.717, 1.165) is 76.2 Å². The molecule has 3 heterocycles. The normalized spacial score (nSPS) is 14.6. The van der Waals surface area contributed by atoms with Crippen LogP contribution >= 0.6 is 0 Å². The van der Waals surface area contributed by atoms with Crippen LogP contribution in [0.5, 0.6) is 6.01 Å². The molecule has 10 heteroatoms. The number of nitrogens with one attached hydrogen (secondary N) is 2. The molecule has 1 aromatic carbocycles. The third-order valence-electron chi connectivity index (χ3n) is 7.65. The molecule has 0 unspecified atom stereocenters. The zero-order valence-electron chi connectivity index (χ0n) is 24.1. The number of anilines is 1. The van der Waals surface area contributed by atoms with Crippen LogP contribution in [0.4, 0.5) is 5.82 Å². The molecule has 4 N–H and O–H groups in total. The first kappa shape index (κ1) is 29.7. The van der Waals surface area contributed by atoms with Gasteiger partial charge < -0.3 is 20.8 Å². The molecule has 218 valence electrons. The second kappa shape index (κ2) is 14.9. The molecular formula is C30H45N7O3. The molecule has 40 heavy (non-hydrogen) atoms. The van der Waals surface area contributed by atoms with Gasteiger partial charge in [0.15, 0.2) is 11.5 Å². The average Bonchev–Trinajstić information content (AvgIpc) is 3.26. The van der Waals surface area contributed by atoms with Gasteiger partial charge in [0.2, 0.25) is 5.91 Å². The highest BCUT2D eigenvalue weighted by molar-refractivity contribution is 5.97. The van der Waals surface area contributed by atoms with E-state index in [1.165, 1.54) is 18.4 Å².